The summed E-state index contributed by atoms with van der Waals surface area (Å²) in [5, 5.41) is 18.9. The van der Waals surface area contributed by atoms with Crippen LogP contribution in [0, 0.1) is 16.7 Å². The number of aromatic nitrogens is 2. The van der Waals surface area contributed by atoms with E-state index in [9.17, 15) is 6.63 Å². The van der Waals surface area contributed by atoms with Gasteiger partial charge in [0.2, 0.25) is 0 Å². The van der Waals surface area contributed by atoms with E-state index >= 15 is 0 Å². The largest absolute Gasteiger partial charge is 0.383 e. The van der Waals surface area contributed by atoms with Gasteiger partial charge in [-0.25, -0.2) is 4.98 Å². The highest BCUT2D eigenvalue weighted by Gasteiger charge is 2.32. The van der Waals surface area contributed by atoms with Crippen LogP contribution in [0.15, 0.2) is 48.6 Å². The number of hydrogen-bond donors (Lipinski definition) is 4. The molecule has 38 heavy (non-hydrogen) atoms. The fraction of sp³-hybridized carbons (Fsp3) is 0.393. The molecule has 0 saturated heterocycles. The standard InChI is InChI=1S/C28H34ClN9/c1-28(2,3)16-33-25-18(12-30)14-32-27-21(25)10-19(11-22(27)29)34-26(17-6-9-24(31-13-17)37(4)5)23-15-38(36-35-23)20-7-8-20/h6,9-11,13-15,20,26,34-36H,7-8,16H2,1-5H3,(H,32,33)/i16D2,26D. The Kier molecular flexibility index (Phi) is 5.97. The molecule has 1 unspecified atom stereocenters. The fourth-order valence-electron chi connectivity index (χ4n) is 4.04. The minimum absolute atomic E-state index is 0.184. The summed E-state index contributed by atoms with van der Waals surface area (Å²) in [6.45, 7) is 3.47. The van der Waals surface area contributed by atoms with Crippen molar-refractivity contribution in [2.45, 2.75) is 45.7 Å². The monoisotopic (exact) mass is 534 g/mol. The summed E-state index contributed by atoms with van der Waals surface area (Å²) in [5.74, 6) is 0.759. The maximum absolute atomic E-state index is 9.86. The van der Waals surface area contributed by atoms with Crippen molar-refractivity contribution in [3.63, 3.8) is 0 Å². The lowest BCUT2D eigenvalue weighted by Gasteiger charge is -2.23. The van der Waals surface area contributed by atoms with Crippen molar-refractivity contribution < 1.29 is 4.11 Å². The van der Waals surface area contributed by atoms with E-state index in [1.807, 2.05) is 42.3 Å². The van der Waals surface area contributed by atoms with Crippen molar-refractivity contribution in [3.8, 4) is 6.07 Å². The summed E-state index contributed by atoms with van der Waals surface area (Å²) >= 11 is 6.72. The average Bonchev–Trinajstić information content (AvgIpc) is 3.64. The lowest BCUT2D eigenvalue weighted by molar-refractivity contribution is 0.260. The summed E-state index contributed by atoms with van der Waals surface area (Å²) in [4.78, 5) is 10.8. The van der Waals surface area contributed by atoms with Gasteiger partial charge in [0.15, 0.2) is 0 Å². The maximum atomic E-state index is 9.86. The highest BCUT2D eigenvalue weighted by molar-refractivity contribution is 6.35. The molecule has 9 nitrogen and oxygen atoms in total. The van der Waals surface area contributed by atoms with Gasteiger partial charge in [0.25, 0.3) is 0 Å². The molecule has 10 heteroatoms. The summed E-state index contributed by atoms with van der Waals surface area (Å²) in [6, 6.07) is 8.10. The molecule has 2 aromatic heterocycles. The lowest BCUT2D eigenvalue weighted by atomic mass is 9.96. The van der Waals surface area contributed by atoms with Gasteiger partial charge in [0, 0.05) is 59.0 Å². The molecular weight excluding hydrogens is 498 g/mol. The van der Waals surface area contributed by atoms with Gasteiger partial charge in [-0.2, -0.15) is 5.26 Å². The molecule has 1 fully saturated rings. The number of nitrogens with one attached hydrogen (secondary N) is 4. The minimum Gasteiger partial charge on any atom is -0.383 e. The van der Waals surface area contributed by atoms with E-state index in [4.69, 9.17) is 14.3 Å². The Morgan fingerprint density at radius 3 is 2.71 bits per heavy atom. The van der Waals surface area contributed by atoms with Gasteiger partial charge in [0.05, 0.1) is 34.9 Å². The Bertz CT molecular complexity index is 1540. The van der Waals surface area contributed by atoms with E-state index in [1.165, 1.54) is 6.20 Å². The van der Waals surface area contributed by atoms with Crippen LogP contribution in [0.1, 0.15) is 54.9 Å². The van der Waals surface area contributed by atoms with Crippen LogP contribution in [0.4, 0.5) is 17.2 Å². The second kappa shape index (κ2) is 10.2. The van der Waals surface area contributed by atoms with Gasteiger partial charge in [0.1, 0.15) is 11.9 Å². The van der Waals surface area contributed by atoms with E-state index in [1.54, 1.807) is 39.1 Å². The molecule has 3 aromatic rings. The Morgan fingerprint density at radius 1 is 1.29 bits per heavy atom. The Balaban J connectivity index is 1.62. The number of nitriles is 1. The molecule has 2 aliphatic rings. The van der Waals surface area contributed by atoms with Crippen molar-refractivity contribution in [1.82, 2.24) is 25.9 Å². The van der Waals surface area contributed by atoms with Crippen molar-refractivity contribution in [1.29, 1.82) is 5.26 Å². The number of halogens is 1. The molecule has 0 amide bonds. The van der Waals surface area contributed by atoms with Gasteiger partial charge in [-0.3, -0.25) is 9.99 Å². The number of hydrazine groups is 2. The molecule has 198 valence electrons. The summed E-state index contributed by atoms with van der Waals surface area (Å²) in [7, 11) is 3.81. The van der Waals surface area contributed by atoms with Gasteiger partial charge < -0.3 is 21.0 Å². The number of hydrogen-bond acceptors (Lipinski definition) is 9. The summed E-state index contributed by atoms with van der Waals surface area (Å²) < 4.78 is 27.0. The second-order valence-corrected chi connectivity index (χ2v) is 11.1. The Morgan fingerprint density at radius 2 is 2.08 bits per heavy atom. The zero-order valence-corrected chi connectivity index (χ0v) is 22.9. The number of pyridine rings is 2. The lowest BCUT2D eigenvalue weighted by Crippen LogP contribution is -2.38. The molecule has 4 N–H and O–H groups in total. The third kappa shape index (κ3) is 5.57. The number of nitrogens with zero attached hydrogens (tertiary/aromatic N) is 5. The first kappa shape index (κ1) is 22.3. The smallest absolute Gasteiger partial charge is 0.127 e. The second-order valence-electron chi connectivity index (χ2n) is 10.7. The molecular formula is C28H34ClN9. The molecule has 1 aliphatic heterocycles. The molecule has 1 aliphatic carbocycles. The third-order valence-corrected chi connectivity index (χ3v) is 6.46. The molecule has 1 atom stereocenters. The van der Waals surface area contributed by atoms with Crippen molar-refractivity contribution >= 4 is 39.7 Å². The van der Waals surface area contributed by atoms with E-state index in [2.05, 4.69) is 37.6 Å². The van der Waals surface area contributed by atoms with E-state index in [0.29, 0.717) is 38.9 Å². The van der Waals surface area contributed by atoms with Crippen LogP contribution in [0.25, 0.3) is 10.9 Å². The predicted octanol–water partition coefficient (Wildman–Crippen LogP) is 5.16. The van der Waals surface area contributed by atoms with Gasteiger partial charge in [-0.15, -0.1) is 5.53 Å². The Hall–Kier alpha value is -3.74. The SMILES string of the molecule is [2H]C(Nc1cc(Cl)c2ncc(C#N)c(NC([2H])([2H])C(C)(C)C)c2c1)(C1=CN(C2CC2)NN1)c1ccc(N(C)C)nc1. The topological polar surface area (TPSA) is 104 Å². The van der Waals surface area contributed by atoms with Crippen molar-refractivity contribution in [2.24, 2.45) is 5.41 Å². The van der Waals surface area contributed by atoms with Crippen molar-refractivity contribution in [3.05, 3.63) is 64.7 Å². The van der Waals surface area contributed by atoms with Crippen LogP contribution in [-0.4, -0.2) is 41.6 Å². The number of fused-ring (bicyclic) bond motifs is 1. The zero-order valence-electron chi connectivity index (χ0n) is 25.1. The van der Waals surface area contributed by atoms with Crippen LogP contribution in [-0.2, 0) is 0 Å². The fourth-order valence-corrected chi connectivity index (χ4v) is 4.31. The minimum atomic E-state index is -1.86. The normalized spacial score (nSPS) is 18.4. The van der Waals surface area contributed by atoms with Crippen LogP contribution in [0.5, 0.6) is 0 Å². The van der Waals surface area contributed by atoms with Crippen LogP contribution < -0.4 is 26.5 Å². The quantitative estimate of drug-likeness (QED) is 0.312. The molecule has 5 rings (SSSR count). The number of rotatable bonds is 8. The molecule has 0 bridgehead atoms. The third-order valence-electron chi connectivity index (χ3n) is 6.17. The first-order valence-corrected chi connectivity index (χ1v) is 12.9. The molecule has 3 heterocycles. The number of benzene rings is 1. The van der Waals surface area contributed by atoms with E-state index < -0.39 is 17.9 Å². The van der Waals surface area contributed by atoms with Gasteiger partial charge in [-0.05, 0) is 42.0 Å². The van der Waals surface area contributed by atoms with Crippen molar-refractivity contribution in [2.75, 3.05) is 36.1 Å². The highest BCUT2D eigenvalue weighted by Crippen LogP contribution is 2.37. The maximum Gasteiger partial charge on any atom is 0.127 e. The molecule has 0 radical (unpaired) electrons. The van der Waals surface area contributed by atoms with Gasteiger partial charge >= 0.3 is 0 Å². The first-order valence-electron chi connectivity index (χ1n) is 14.0. The molecule has 0 spiro atoms. The van der Waals surface area contributed by atoms with Crippen LogP contribution >= 0.6 is 11.6 Å². The summed E-state index contributed by atoms with van der Waals surface area (Å²) in [6.07, 6.45) is 7.09. The summed E-state index contributed by atoms with van der Waals surface area (Å²) in [5.41, 5.74) is 8.03. The molecule has 1 aromatic carbocycles. The van der Waals surface area contributed by atoms with Gasteiger partial charge in [-0.1, -0.05) is 38.4 Å². The first-order chi connectivity index (χ1) is 19.2. The van der Waals surface area contributed by atoms with E-state index in [-0.39, 0.29) is 11.3 Å². The van der Waals surface area contributed by atoms with E-state index in [0.717, 1.165) is 18.7 Å². The average molecular weight is 535 g/mol. The molecule has 1 saturated carbocycles. The van der Waals surface area contributed by atoms with Crippen LogP contribution in [0.3, 0.4) is 0 Å². The Labute approximate surface area is 233 Å². The highest BCUT2D eigenvalue weighted by atomic mass is 35.5. The number of anilines is 3. The van der Waals surface area contributed by atoms with Crippen LogP contribution in [0.2, 0.25) is 5.02 Å². The zero-order chi connectivity index (χ0) is 29.7. The predicted molar refractivity (Wildman–Crippen MR) is 154 cm³/mol.